The molecule has 0 radical (unpaired) electrons. The Balaban J connectivity index is 1.49. The third-order valence-corrected chi connectivity index (χ3v) is 6.31. The van der Waals surface area contributed by atoms with Crippen molar-refractivity contribution < 1.29 is 14.3 Å². The van der Waals surface area contributed by atoms with E-state index in [4.69, 9.17) is 4.74 Å². The predicted molar refractivity (Wildman–Crippen MR) is 126 cm³/mol. The number of benzene rings is 2. The van der Waals surface area contributed by atoms with Crippen LogP contribution in [0.4, 0.5) is 0 Å². The number of likely N-dealkylation sites (tertiary alicyclic amines) is 1. The van der Waals surface area contributed by atoms with Crippen molar-refractivity contribution in [3.63, 3.8) is 0 Å². The normalized spacial score (nSPS) is 16.2. The fraction of sp³-hybridized carbons (Fsp3) is 0.385. The van der Waals surface area contributed by atoms with Gasteiger partial charge in [-0.1, -0.05) is 48.5 Å². The van der Waals surface area contributed by atoms with Gasteiger partial charge in [0, 0.05) is 48.8 Å². The molecular formula is C26H31N3O3. The summed E-state index contributed by atoms with van der Waals surface area (Å²) in [6.07, 6.45) is 4.14. The monoisotopic (exact) mass is 433 g/mol. The largest absolute Gasteiger partial charge is 0.385 e. The molecule has 1 aliphatic rings. The van der Waals surface area contributed by atoms with E-state index in [-0.39, 0.29) is 23.7 Å². The summed E-state index contributed by atoms with van der Waals surface area (Å²) in [5.41, 5.74) is 2.67. The zero-order chi connectivity index (χ0) is 22.3. The molecule has 0 saturated carbocycles. The van der Waals surface area contributed by atoms with E-state index in [1.54, 1.807) is 7.11 Å². The number of Topliss-reactive ketones (excluding diaryl/α,β-unsaturated/α-hetero) is 1. The van der Waals surface area contributed by atoms with Gasteiger partial charge in [0.05, 0.1) is 6.04 Å². The average molecular weight is 434 g/mol. The van der Waals surface area contributed by atoms with Gasteiger partial charge in [-0.05, 0) is 44.0 Å². The number of carbonyl (C=O) groups is 2. The van der Waals surface area contributed by atoms with Gasteiger partial charge >= 0.3 is 0 Å². The van der Waals surface area contributed by atoms with Crippen LogP contribution in [0.25, 0.3) is 10.9 Å². The molecular weight excluding hydrogens is 402 g/mol. The molecule has 2 heterocycles. The van der Waals surface area contributed by atoms with Crippen molar-refractivity contribution in [1.29, 1.82) is 0 Å². The molecule has 1 aromatic heterocycles. The molecule has 1 saturated heterocycles. The lowest BCUT2D eigenvalue weighted by Gasteiger charge is -2.36. The molecule has 1 fully saturated rings. The number of hydrogen-bond acceptors (Lipinski definition) is 4. The van der Waals surface area contributed by atoms with E-state index in [9.17, 15) is 9.59 Å². The second kappa shape index (κ2) is 10.6. The van der Waals surface area contributed by atoms with Crippen LogP contribution in [0.3, 0.4) is 0 Å². The molecule has 0 aliphatic carbocycles. The Morgan fingerprint density at radius 2 is 1.81 bits per heavy atom. The Morgan fingerprint density at radius 1 is 1.09 bits per heavy atom. The van der Waals surface area contributed by atoms with Gasteiger partial charge in [-0.3, -0.25) is 14.5 Å². The third-order valence-electron chi connectivity index (χ3n) is 6.31. The fourth-order valence-electron chi connectivity index (χ4n) is 4.58. The molecule has 1 atom stereocenters. The lowest BCUT2D eigenvalue weighted by molar-refractivity contribution is -0.126. The number of hydrogen-bond donors (Lipinski definition) is 2. The van der Waals surface area contributed by atoms with Crippen LogP contribution in [0.5, 0.6) is 0 Å². The maximum atomic E-state index is 13.8. The van der Waals surface area contributed by atoms with Crippen LogP contribution < -0.4 is 5.32 Å². The zero-order valence-corrected chi connectivity index (χ0v) is 18.5. The molecule has 2 N–H and O–H groups in total. The number of rotatable bonds is 9. The Morgan fingerprint density at radius 3 is 2.56 bits per heavy atom. The molecule has 0 bridgehead atoms. The zero-order valence-electron chi connectivity index (χ0n) is 18.5. The van der Waals surface area contributed by atoms with E-state index >= 15 is 0 Å². The maximum Gasteiger partial charge on any atom is 0.223 e. The first-order valence-corrected chi connectivity index (χ1v) is 11.3. The van der Waals surface area contributed by atoms with Gasteiger partial charge < -0.3 is 15.0 Å². The van der Waals surface area contributed by atoms with Gasteiger partial charge in [-0.15, -0.1) is 0 Å². The number of nitrogens with zero attached hydrogens (tertiary/aromatic N) is 1. The van der Waals surface area contributed by atoms with E-state index in [1.165, 1.54) is 0 Å². The average Bonchev–Trinajstić information content (AvgIpc) is 3.27. The van der Waals surface area contributed by atoms with Crippen LogP contribution in [-0.2, 0) is 9.53 Å². The highest BCUT2D eigenvalue weighted by atomic mass is 16.5. The van der Waals surface area contributed by atoms with Crippen LogP contribution in [0.2, 0.25) is 0 Å². The Bertz CT molecular complexity index is 1040. The van der Waals surface area contributed by atoms with Crippen LogP contribution in [0, 0.1) is 5.92 Å². The number of ether oxygens (including phenoxy) is 1. The van der Waals surface area contributed by atoms with Crippen molar-refractivity contribution in [2.24, 2.45) is 5.92 Å². The van der Waals surface area contributed by atoms with Gasteiger partial charge in [0.15, 0.2) is 5.78 Å². The Kier molecular flexibility index (Phi) is 7.35. The highest BCUT2D eigenvalue weighted by Gasteiger charge is 2.34. The molecule has 1 aliphatic heterocycles. The van der Waals surface area contributed by atoms with Crippen molar-refractivity contribution in [2.45, 2.75) is 25.3 Å². The minimum Gasteiger partial charge on any atom is -0.385 e. The number of carbonyl (C=O) groups excluding carboxylic acids is 2. The van der Waals surface area contributed by atoms with Crippen molar-refractivity contribution in [1.82, 2.24) is 15.2 Å². The summed E-state index contributed by atoms with van der Waals surface area (Å²) in [5, 5.41) is 3.97. The minimum absolute atomic E-state index is 0.00610. The standard InChI is InChI=1S/C26H31N3O3/c1-32-17-7-14-27-26(31)20-12-15-29(16-13-20)24(19-8-3-2-4-9-19)25(30)22-18-28-23-11-6-5-10-21(22)23/h2-6,8-11,18,20,24,28H,7,12-17H2,1H3,(H,27,31). The number of fused-ring (bicyclic) bond motifs is 1. The highest BCUT2D eigenvalue weighted by molar-refractivity contribution is 6.10. The topological polar surface area (TPSA) is 74.4 Å². The van der Waals surface area contributed by atoms with Crippen molar-refractivity contribution >= 4 is 22.6 Å². The van der Waals surface area contributed by atoms with Crippen molar-refractivity contribution in [3.8, 4) is 0 Å². The van der Waals surface area contributed by atoms with Gasteiger partial charge in [0.2, 0.25) is 5.91 Å². The SMILES string of the molecule is COCCCNC(=O)C1CCN(C(C(=O)c2c[nH]c3ccccc23)c2ccccc2)CC1. The summed E-state index contributed by atoms with van der Waals surface area (Å²) in [5.74, 6) is 0.199. The first-order chi connectivity index (χ1) is 15.7. The number of aromatic nitrogens is 1. The Hall–Kier alpha value is -2.96. The third kappa shape index (κ3) is 4.92. The lowest BCUT2D eigenvalue weighted by Crippen LogP contribution is -2.44. The summed E-state index contributed by atoms with van der Waals surface area (Å²) in [6.45, 7) is 2.71. The number of amides is 1. The van der Waals surface area contributed by atoms with Gasteiger partial charge in [0.25, 0.3) is 0 Å². The molecule has 32 heavy (non-hydrogen) atoms. The highest BCUT2D eigenvalue weighted by Crippen LogP contribution is 2.32. The molecule has 3 aromatic rings. The van der Waals surface area contributed by atoms with Crippen LogP contribution in [0.15, 0.2) is 60.8 Å². The van der Waals surface area contributed by atoms with E-state index in [0.717, 1.165) is 35.7 Å². The number of H-pyrrole nitrogens is 1. The number of methoxy groups -OCH3 is 1. The number of piperidine rings is 1. The van der Waals surface area contributed by atoms with Gasteiger partial charge in [0.1, 0.15) is 0 Å². The number of aromatic amines is 1. The van der Waals surface area contributed by atoms with Crippen molar-refractivity contribution in [2.75, 3.05) is 33.4 Å². The summed E-state index contributed by atoms with van der Waals surface area (Å²) in [6, 6.07) is 17.5. The second-order valence-electron chi connectivity index (χ2n) is 8.37. The molecule has 4 rings (SSSR count). The van der Waals surface area contributed by atoms with Crippen LogP contribution in [-0.4, -0.2) is 54.9 Å². The van der Waals surface area contributed by atoms with Gasteiger partial charge in [-0.2, -0.15) is 0 Å². The molecule has 168 valence electrons. The van der Waals surface area contributed by atoms with Crippen LogP contribution in [0.1, 0.15) is 41.2 Å². The fourth-order valence-corrected chi connectivity index (χ4v) is 4.58. The van der Waals surface area contributed by atoms with Gasteiger partial charge in [-0.25, -0.2) is 0 Å². The maximum absolute atomic E-state index is 13.8. The number of para-hydroxylation sites is 1. The van der Waals surface area contributed by atoms with E-state index in [2.05, 4.69) is 15.2 Å². The van der Waals surface area contributed by atoms with E-state index in [1.807, 2.05) is 60.8 Å². The van der Waals surface area contributed by atoms with Crippen molar-refractivity contribution in [3.05, 3.63) is 71.9 Å². The molecule has 2 aromatic carbocycles. The smallest absolute Gasteiger partial charge is 0.223 e. The summed E-state index contributed by atoms with van der Waals surface area (Å²) < 4.78 is 5.04. The van der Waals surface area contributed by atoms with E-state index in [0.29, 0.717) is 31.8 Å². The molecule has 6 nitrogen and oxygen atoms in total. The molecule has 1 amide bonds. The molecule has 1 unspecified atom stereocenters. The first kappa shape index (κ1) is 22.2. The molecule has 6 heteroatoms. The summed E-state index contributed by atoms with van der Waals surface area (Å²) in [7, 11) is 1.66. The number of ketones is 1. The summed E-state index contributed by atoms with van der Waals surface area (Å²) in [4.78, 5) is 31.8. The first-order valence-electron chi connectivity index (χ1n) is 11.3. The van der Waals surface area contributed by atoms with E-state index < -0.39 is 0 Å². The summed E-state index contributed by atoms with van der Waals surface area (Å²) >= 11 is 0. The Labute approximate surface area is 188 Å². The van der Waals surface area contributed by atoms with Crippen LogP contribution >= 0.6 is 0 Å². The lowest BCUT2D eigenvalue weighted by atomic mass is 9.90. The predicted octanol–water partition coefficient (Wildman–Crippen LogP) is 3.96. The second-order valence-corrected chi connectivity index (χ2v) is 8.37. The quantitative estimate of drug-likeness (QED) is 0.396. The molecule has 0 spiro atoms. The number of nitrogens with one attached hydrogen (secondary N) is 2. The minimum atomic E-state index is -0.360.